The van der Waals surface area contributed by atoms with E-state index in [0.29, 0.717) is 25.1 Å². The first-order chi connectivity index (χ1) is 7.74. The molecule has 1 fully saturated rings. The third-order valence-electron chi connectivity index (χ3n) is 2.71. The van der Waals surface area contributed by atoms with Crippen molar-refractivity contribution >= 4 is 24.4 Å². The molecule has 1 heterocycles. The molecule has 0 aromatic heterocycles. The van der Waals surface area contributed by atoms with Gasteiger partial charge in [0, 0.05) is 32.5 Å². The van der Waals surface area contributed by atoms with Crippen LogP contribution in [0, 0.1) is 0 Å². The van der Waals surface area contributed by atoms with Crippen molar-refractivity contribution < 1.29 is 9.59 Å². The number of hydrogen-bond donors (Lipinski definition) is 2. The van der Waals surface area contributed by atoms with Gasteiger partial charge in [-0.15, -0.1) is 0 Å². The van der Waals surface area contributed by atoms with Gasteiger partial charge in [0.1, 0.15) is 0 Å². The largest absolute Gasteiger partial charge is 0.356 e. The van der Waals surface area contributed by atoms with Crippen molar-refractivity contribution in [2.24, 2.45) is 0 Å². The minimum Gasteiger partial charge on any atom is -0.356 e. The molecule has 0 spiro atoms. The Balaban J connectivity index is 2.12. The molecule has 1 saturated heterocycles. The van der Waals surface area contributed by atoms with Gasteiger partial charge in [-0.2, -0.15) is 12.6 Å². The highest BCUT2D eigenvalue weighted by Crippen LogP contribution is 2.09. The van der Waals surface area contributed by atoms with Crippen LogP contribution in [0.3, 0.4) is 0 Å². The number of carbonyl (C=O) groups excluding carboxylic acids is 2. The van der Waals surface area contributed by atoms with E-state index in [9.17, 15) is 9.59 Å². The zero-order valence-electron chi connectivity index (χ0n) is 9.57. The van der Waals surface area contributed by atoms with Crippen molar-refractivity contribution in [3.8, 4) is 0 Å². The fourth-order valence-corrected chi connectivity index (χ4v) is 2.00. The van der Waals surface area contributed by atoms with E-state index in [1.54, 1.807) is 0 Å². The summed E-state index contributed by atoms with van der Waals surface area (Å²) in [5.74, 6) is 0.679. The molecule has 0 radical (unpaired) electrons. The number of thiol groups is 1. The van der Waals surface area contributed by atoms with Crippen LogP contribution in [0.4, 0.5) is 0 Å². The first-order valence-corrected chi connectivity index (χ1v) is 6.52. The van der Waals surface area contributed by atoms with Crippen LogP contribution < -0.4 is 5.32 Å². The molecule has 16 heavy (non-hydrogen) atoms. The molecular formula is C11H20N2O2S. The third kappa shape index (κ3) is 4.88. The van der Waals surface area contributed by atoms with Crippen LogP contribution in [-0.2, 0) is 9.59 Å². The Kier molecular flexibility index (Phi) is 6.30. The number of nitrogens with one attached hydrogen (secondary N) is 1. The second kappa shape index (κ2) is 7.54. The molecule has 0 unspecified atom stereocenters. The summed E-state index contributed by atoms with van der Waals surface area (Å²) in [5.41, 5.74) is 0. The van der Waals surface area contributed by atoms with Gasteiger partial charge in [0.15, 0.2) is 0 Å². The summed E-state index contributed by atoms with van der Waals surface area (Å²) in [7, 11) is 0. The molecule has 4 nitrogen and oxygen atoms in total. The normalized spacial score (nSPS) is 15.9. The topological polar surface area (TPSA) is 49.4 Å². The fraction of sp³-hybridized carbons (Fsp3) is 0.818. The number of piperidine rings is 1. The monoisotopic (exact) mass is 244 g/mol. The molecule has 0 aromatic rings. The van der Waals surface area contributed by atoms with Gasteiger partial charge in [-0.1, -0.05) is 0 Å². The number of rotatable bonds is 5. The van der Waals surface area contributed by atoms with Crippen molar-refractivity contribution in [3.05, 3.63) is 0 Å². The highest BCUT2D eigenvalue weighted by Gasteiger charge is 2.15. The maximum Gasteiger partial charge on any atom is 0.224 e. The van der Waals surface area contributed by atoms with Crippen LogP contribution in [-0.4, -0.2) is 42.1 Å². The van der Waals surface area contributed by atoms with Crippen LogP contribution in [0.2, 0.25) is 0 Å². The molecule has 92 valence electrons. The number of amides is 2. The summed E-state index contributed by atoms with van der Waals surface area (Å²) in [6.07, 6.45) is 4.28. The van der Waals surface area contributed by atoms with Crippen molar-refractivity contribution in [3.63, 3.8) is 0 Å². The quantitative estimate of drug-likeness (QED) is 0.704. The number of nitrogens with zero attached hydrogens (tertiary/aromatic N) is 1. The third-order valence-corrected chi connectivity index (χ3v) is 2.93. The lowest BCUT2D eigenvalue weighted by molar-refractivity contribution is -0.132. The van der Waals surface area contributed by atoms with E-state index >= 15 is 0 Å². The van der Waals surface area contributed by atoms with Gasteiger partial charge in [0.25, 0.3) is 0 Å². The van der Waals surface area contributed by atoms with Crippen LogP contribution >= 0.6 is 12.6 Å². The van der Waals surface area contributed by atoms with E-state index in [0.717, 1.165) is 25.9 Å². The zero-order valence-corrected chi connectivity index (χ0v) is 10.5. The van der Waals surface area contributed by atoms with Crippen molar-refractivity contribution in [1.29, 1.82) is 0 Å². The van der Waals surface area contributed by atoms with Gasteiger partial charge in [0.05, 0.1) is 0 Å². The molecule has 1 aliphatic heterocycles. The fourth-order valence-electron chi connectivity index (χ4n) is 1.80. The average molecular weight is 244 g/mol. The second-order valence-electron chi connectivity index (χ2n) is 4.02. The van der Waals surface area contributed by atoms with Crippen LogP contribution in [0.1, 0.15) is 32.1 Å². The van der Waals surface area contributed by atoms with Crippen LogP contribution in [0.25, 0.3) is 0 Å². The number of likely N-dealkylation sites (tertiary alicyclic amines) is 1. The van der Waals surface area contributed by atoms with Gasteiger partial charge >= 0.3 is 0 Å². The van der Waals surface area contributed by atoms with Crippen LogP contribution in [0.15, 0.2) is 0 Å². The molecule has 2 amide bonds. The van der Waals surface area contributed by atoms with Crippen molar-refractivity contribution in [2.45, 2.75) is 32.1 Å². The molecule has 0 saturated carbocycles. The van der Waals surface area contributed by atoms with Crippen LogP contribution in [0.5, 0.6) is 0 Å². The Hall–Kier alpha value is -0.710. The predicted molar refractivity (Wildman–Crippen MR) is 66.5 cm³/mol. The Labute approximate surface area is 102 Å². The van der Waals surface area contributed by atoms with Crippen molar-refractivity contribution in [2.75, 3.05) is 25.4 Å². The lowest BCUT2D eigenvalue weighted by atomic mass is 10.1. The molecule has 0 atom stereocenters. The van der Waals surface area contributed by atoms with Gasteiger partial charge in [-0.3, -0.25) is 9.59 Å². The van der Waals surface area contributed by atoms with E-state index < -0.39 is 0 Å². The molecule has 0 aromatic carbocycles. The highest BCUT2D eigenvalue weighted by atomic mass is 32.1. The Morgan fingerprint density at radius 2 is 1.81 bits per heavy atom. The Morgan fingerprint density at radius 1 is 1.12 bits per heavy atom. The standard InChI is InChI=1S/C11H20N2O2S/c14-10(5-9-16)12-6-4-11(15)13-7-2-1-3-8-13/h16H,1-9H2,(H,12,14). The molecule has 5 heteroatoms. The number of hydrogen-bond acceptors (Lipinski definition) is 3. The summed E-state index contributed by atoms with van der Waals surface area (Å²) in [5, 5.41) is 2.72. The molecule has 1 aliphatic rings. The van der Waals surface area contributed by atoms with Gasteiger partial charge in [0.2, 0.25) is 11.8 Å². The second-order valence-corrected chi connectivity index (χ2v) is 4.46. The highest BCUT2D eigenvalue weighted by molar-refractivity contribution is 7.80. The minimum absolute atomic E-state index is 0.0264. The average Bonchev–Trinajstić information content (AvgIpc) is 2.30. The maximum absolute atomic E-state index is 11.7. The van der Waals surface area contributed by atoms with E-state index in [-0.39, 0.29) is 11.8 Å². The SMILES string of the molecule is O=C(CCS)NCCC(=O)N1CCCCC1. The summed E-state index contributed by atoms with van der Waals surface area (Å²) in [4.78, 5) is 24.7. The van der Waals surface area contributed by atoms with Gasteiger partial charge in [-0.25, -0.2) is 0 Å². The molecular weight excluding hydrogens is 224 g/mol. The lowest BCUT2D eigenvalue weighted by Gasteiger charge is -2.26. The van der Waals surface area contributed by atoms with Gasteiger partial charge < -0.3 is 10.2 Å². The van der Waals surface area contributed by atoms with E-state index in [1.165, 1.54) is 6.42 Å². The molecule has 1 N–H and O–H groups in total. The molecule has 1 rings (SSSR count). The molecule has 0 aliphatic carbocycles. The lowest BCUT2D eigenvalue weighted by Crippen LogP contribution is -2.37. The maximum atomic E-state index is 11.7. The Morgan fingerprint density at radius 3 is 2.44 bits per heavy atom. The zero-order chi connectivity index (χ0) is 11.8. The summed E-state index contributed by atoms with van der Waals surface area (Å²) in [6, 6.07) is 0. The minimum atomic E-state index is -0.0264. The number of carbonyl (C=O) groups is 2. The smallest absolute Gasteiger partial charge is 0.224 e. The van der Waals surface area contributed by atoms with E-state index in [2.05, 4.69) is 17.9 Å². The first kappa shape index (κ1) is 13.4. The van der Waals surface area contributed by atoms with E-state index in [1.807, 2.05) is 4.90 Å². The predicted octanol–water partition coefficient (Wildman–Crippen LogP) is 0.825. The van der Waals surface area contributed by atoms with Gasteiger partial charge in [-0.05, 0) is 25.0 Å². The summed E-state index contributed by atoms with van der Waals surface area (Å²) >= 11 is 3.97. The van der Waals surface area contributed by atoms with E-state index in [4.69, 9.17) is 0 Å². The first-order valence-electron chi connectivity index (χ1n) is 5.89. The molecule has 0 bridgehead atoms. The van der Waals surface area contributed by atoms with Crippen molar-refractivity contribution in [1.82, 2.24) is 10.2 Å². The summed E-state index contributed by atoms with van der Waals surface area (Å²) in [6.45, 7) is 2.20. The summed E-state index contributed by atoms with van der Waals surface area (Å²) < 4.78 is 0. The Bertz CT molecular complexity index is 240.